The van der Waals surface area contributed by atoms with Gasteiger partial charge in [0.15, 0.2) is 0 Å². The fourth-order valence-electron chi connectivity index (χ4n) is 7.82. The Kier molecular flexibility index (Phi) is 1.60. The van der Waals surface area contributed by atoms with Crippen molar-refractivity contribution in [3.63, 3.8) is 0 Å². The van der Waals surface area contributed by atoms with Crippen LogP contribution in [-0.4, -0.2) is 0 Å². The molecule has 4 atom stereocenters. The highest BCUT2D eigenvalue weighted by Gasteiger charge is 2.80. The predicted octanol–water partition coefficient (Wildman–Crippen LogP) is 5.34. The van der Waals surface area contributed by atoms with Gasteiger partial charge in [-0.05, 0) is 73.0 Å². The fraction of sp³-hybridized carbons (Fsp3) is 0.889. The summed E-state index contributed by atoms with van der Waals surface area (Å²) in [4.78, 5) is 0. The van der Waals surface area contributed by atoms with Crippen molar-refractivity contribution in [1.29, 1.82) is 0 Å². The number of hydrogen-bond donors (Lipinski definition) is 0. The van der Waals surface area contributed by atoms with Gasteiger partial charge in [-0.2, -0.15) is 0 Å². The Morgan fingerprint density at radius 1 is 0.611 bits per heavy atom. The van der Waals surface area contributed by atoms with E-state index in [1.807, 2.05) is 0 Å². The molecule has 100 valence electrons. The van der Waals surface area contributed by atoms with Crippen LogP contribution in [0.2, 0.25) is 0 Å². The van der Waals surface area contributed by atoms with Crippen LogP contribution in [0.15, 0.2) is 11.1 Å². The summed E-state index contributed by atoms with van der Waals surface area (Å²) in [5, 5.41) is 0. The van der Waals surface area contributed by atoms with Gasteiger partial charge in [0.25, 0.3) is 0 Å². The highest BCUT2D eigenvalue weighted by molar-refractivity contribution is 5.41. The summed E-state index contributed by atoms with van der Waals surface area (Å²) in [6.07, 6.45) is 7.35. The summed E-state index contributed by atoms with van der Waals surface area (Å²) in [5.74, 6) is 0. The van der Waals surface area contributed by atoms with Crippen molar-refractivity contribution in [2.45, 2.75) is 73.6 Å². The van der Waals surface area contributed by atoms with Crippen molar-refractivity contribution in [2.75, 3.05) is 0 Å². The van der Waals surface area contributed by atoms with Gasteiger partial charge in [0.1, 0.15) is 0 Å². The van der Waals surface area contributed by atoms with Gasteiger partial charge in [0, 0.05) is 0 Å². The van der Waals surface area contributed by atoms with Gasteiger partial charge in [-0.1, -0.05) is 38.8 Å². The maximum atomic E-state index is 2.61. The smallest absolute Gasteiger partial charge is 0.0105 e. The second kappa shape index (κ2) is 2.50. The van der Waals surface area contributed by atoms with E-state index >= 15 is 0 Å². The largest absolute Gasteiger partial charge is 0.0679 e. The molecule has 0 aromatic carbocycles. The van der Waals surface area contributed by atoms with Crippen molar-refractivity contribution < 1.29 is 0 Å². The Morgan fingerprint density at radius 3 is 1.39 bits per heavy atom. The molecule has 0 heterocycles. The molecule has 0 amide bonds. The van der Waals surface area contributed by atoms with E-state index in [4.69, 9.17) is 0 Å². The predicted molar refractivity (Wildman–Crippen MR) is 76.3 cm³/mol. The molecule has 0 heteroatoms. The minimum Gasteiger partial charge on any atom is -0.0679 e. The summed E-state index contributed by atoms with van der Waals surface area (Å²) in [6, 6.07) is 0. The first-order valence-electron chi connectivity index (χ1n) is 7.79. The SMILES string of the molecule is CC1=C(C)C2(C)CC3(C)CC4(C)CC1(C)CC43C2. The molecule has 0 aromatic heterocycles. The molecule has 0 saturated heterocycles. The fourth-order valence-corrected chi connectivity index (χ4v) is 7.82. The lowest BCUT2D eigenvalue weighted by molar-refractivity contribution is -0.157. The van der Waals surface area contributed by atoms with Crippen molar-refractivity contribution in [2.24, 2.45) is 27.1 Å². The van der Waals surface area contributed by atoms with Crippen molar-refractivity contribution in [3.05, 3.63) is 11.1 Å². The van der Waals surface area contributed by atoms with Crippen molar-refractivity contribution in [1.82, 2.24) is 0 Å². The Balaban J connectivity index is 2.03. The van der Waals surface area contributed by atoms with E-state index in [0.29, 0.717) is 27.1 Å². The van der Waals surface area contributed by atoms with Crippen LogP contribution in [0.1, 0.15) is 73.6 Å². The molecule has 0 nitrogen and oxygen atoms in total. The zero-order valence-corrected chi connectivity index (χ0v) is 13.0. The molecule has 4 unspecified atom stereocenters. The number of hydrogen-bond acceptors (Lipinski definition) is 0. The van der Waals surface area contributed by atoms with Gasteiger partial charge < -0.3 is 0 Å². The van der Waals surface area contributed by atoms with E-state index < -0.39 is 0 Å². The molecule has 3 bridgehead atoms. The summed E-state index contributed by atoms with van der Waals surface area (Å²) >= 11 is 0. The molecule has 18 heavy (non-hydrogen) atoms. The minimum absolute atomic E-state index is 0.509. The molecule has 4 aliphatic carbocycles. The summed E-state index contributed by atoms with van der Waals surface area (Å²) < 4.78 is 0. The Bertz CT molecular complexity index is 454. The quantitative estimate of drug-likeness (QED) is 0.505. The van der Waals surface area contributed by atoms with Crippen LogP contribution in [0, 0.1) is 27.1 Å². The maximum Gasteiger partial charge on any atom is -0.0105 e. The third-order valence-electron chi connectivity index (χ3n) is 8.41. The molecule has 1 spiro atoms. The van der Waals surface area contributed by atoms with Gasteiger partial charge in [-0.15, -0.1) is 0 Å². The second-order valence-electron chi connectivity index (χ2n) is 9.46. The van der Waals surface area contributed by atoms with Crippen LogP contribution in [0.25, 0.3) is 0 Å². The standard InChI is InChI=1S/C18H28/c1-12-13(2)15(4)8-17(6)11-16(5)7-14(12,3)9-18(16,17)10-15/h7-11H2,1-6H3. The van der Waals surface area contributed by atoms with E-state index in [1.54, 1.807) is 11.1 Å². The zero-order chi connectivity index (χ0) is 13.2. The topological polar surface area (TPSA) is 0 Å². The Morgan fingerprint density at radius 2 is 1.00 bits per heavy atom. The average molecular weight is 244 g/mol. The van der Waals surface area contributed by atoms with E-state index in [9.17, 15) is 0 Å². The molecule has 4 rings (SSSR count). The molecule has 4 aliphatic rings. The number of fused-ring (bicyclic) bond motifs is 2. The highest BCUT2D eigenvalue weighted by atomic mass is 14.8. The second-order valence-corrected chi connectivity index (χ2v) is 9.46. The van der Waals surface area contributed by atoms with E-state index in [2.05, 4.69) is 41.5 Å². The summed E-state index contributed by atoms with van der Waals surface area (Å²) in [5.41, 5.74) is 6.48. The van der Waals surface area contributed by atoms with E-state index in [-0.39, 0.29) is 0 Å². The molecule has 0 aromatic rings. The molecule has 0 aliphatic heterocycles. The van der Waals surface area contributed by atoms with E-state index in [1.165, 1.54) is 32.1 Å². The number of allylic oxidation sites excluding steroid dienone is 2. The summed E-state index contributed by atoms with van der Waals surface area (Å²) in [6.45, 7) is 15.2. The normalized spacial score (nSPS) is 65.0. The van der Waals surface area contributed by atoms with Gasteiger partial charge in [0.05, 0.1) is 0 Å². The molecular weight excluding hydrogens is 216 g/mol. The first-order chi connectivity index (χ1) is 8.10. The van der Waals surface area contributed by atoms with Crippen molar-refractivity contribution in [3.8, 4) is 0 Å². The third kappa shape index (κ3) is 0.842. The first-order valence-corrected chi connectivity index (χ1v) is 7.79. The van der Waals surface area contributed by atoms with Gasteiger partial charge >= 0.3 is 0 Å². The van der Waals surface area contributed by atoms with Crippen LogP contribution in [0.5, 0.6) is 0 Å². The van der Waals surface area contributed by atoms with Gasteiger partial charge in [-0.25, -0.2) is 0 Å². The first kappa shape index (κ1) is 11.6. The zero-order valence-electron chi connectivity index (χ0n) is 13.0. The lowest BCUT2D eigenvalue weighted by Crippen LogP contribution is -2.57. The van der Waals surface area contributed by atoms with Crippen molar-refractivity contribution >= 4 is 0 Å². The highest BCUT2D eigenvalue weighted by Crippen LogP contribution is 2.89. The maximum absolute atomic E-state index is 2.61. The van der Waals surface area contributed by atoms with Crippen LogP contribution in [0.4, 0.5) is 0 Å². The Labute approximate surface area is 112 Å². The number of rotatable bonds is 0. The minimum atomic E-state index is 0.509. The molecular formula is C18H28. The average Bonchev–Trinajstić information content (AvgIpc) is 2.51. The molecule has 0 radical (unpaired) electrons. The Hall–Kier alpha value is -0.260. The monoisotopic (exact) mass is 244 g/mol. The van der Waals surface area contributed by atoms with Gasteiger partial charge in [-0.3, -0.25) is 0 Å². The van der Waals surface area contributed by atoms with Crippen LogP contribution >= 0.6 is 0 Å². The molecule has 3 fully saturated rings. The van der Waals surface area contributed by atoms with E-state index in [0.717, 1.165) is 0 Å². The summed E-state index contributed by atoms with van der Waals surface area (Å²) in [7, 11) is 0. The van der Waals surface area contributed by atoms with Crippen LogP contribution in [0.3, 0.4) is 0 Å². The van der Waals surface area contributed by atoms with Crippen LogP contribution < -0.4 is 0 Å². The van der Waals surface area contributed by atoms with Crippen LogP contribution in [-0.2, 0) is 0 Å². The lowest BCUT2D eigenvalue weighted by atomic mass is 9.40. The third-order valence-corrected chi connectivity index (χ3v) is 8.41. The lowest BCUT2D eigenvalue weighted by Gasteiger charge is -2.64. The molecule has 3 saturated carbocycles. The van der Waals surface area contributed by atoms with Gasteiger partial charge in [0.2, 0.25) is 0 Å². The molecule has 0 N–H and O–H groups in total.